The summed E-state index contributed by atoms with van der Waals surface area (Å²) < 4.78 is 39.3. The lowest BCUT2D eigenvalue weighted by Gasteiger charge is -2.20. The molecule has 3 aromatic carbocycles. The fourth-order valence-corrected chi connectivity index (χ4v) is 6.53. The molecule has 7 heteroatoms. The molecule has 0 radical (unpaired) electrons. The number of sulfonamides is 1. The summed E-state index contributed by atoms with van der Waals surface area (Å²) in [5.74, 6) is 1.55. The number of nitrogens with zero attached hydrogens (tertiary/aromatic N) is 2. The Bertz CT molecular complexity index is 1220. The summed E-state index contributed by atoms with van der Waals surface area (Å²) >= 11 is 0. The molecule has 6 nitrogen and oxygen atoms in total. The minimum absolute atomic E-state index is 0.150. The normalized spacial score (nSPS) is 19.5. The highest BCUT2D eigenvalue weighted by Gasteiger charge is 2.35. The van der Waals surface area contributed by atoms with E-state index in [0.717, 1.165) is 66.9 Å². The number of ether oxygens (including phenoxy) is 2. The van der Waals surface area contributed by atoms with Crippen molar-refractivity contribution in [2.75, 3.05) is 37.6 Å². The van der Waals surface area contributed by atoms with E-state index in [1.54, 1.807) is 17.5 Å². The third-order valence-electron chi connectivity index (χ3n) is 6.36. The van der Waals surface area contributed by atoms with Crippen molar-refractivity contribution >= 4 is 26.5 Å². The lowest BCUT2D eigenvalue weighted by Crippen LogP contribution is -2.29. The van der Waals surface area contributed by atoms with Crippen LogP contribution < -0.4 is 13.8 Å². The number of rotatable bonds is 8. The average Bonchev–Trinajstić information content (AvgIpc) is 3.34. The lowest BCUT2D eigenvalue weighted by molar-refractivity contribution is 0.192. The zero-order chi connectivity index (χ0) is 22.1. The number of unbranched alkanes of at least 4 members (excludes halogenated alkanes) is 1. The smallest absolute Gasteiger partial charge is 0.265 e. The number of methoxy groups -OCH3 is 1. The molecule has 0 spiro atoms. The summed E-state index contributed by atoms with van der Waals surface area (Å²) in [6, 6.07) is 19.1. The van der Waals surface area contributed by atoms with Crippen molar-refractivity contribution in [1.29, 1.82) is 0 Å². The van der Waals surface area contributed by atoms with E-state index in [1.807, 2.05) is 54.6 Å². The van der Waals surface area contributed by atoms with E-state index in [0.29, 0.717) is 11.4 Å². The van der Waals surface area contributed by atoms with E-state index in [4.69, 9.17) is 9.47 Å². The third kappa shape index (κ3) is 3.80. The second kappa shape index (κ2) is 8.64. The van der Waals surface area contributed by atoms with Crippen LogP contribution >= 0.6 is 0 Å². The Morgan fingerprint density at radius 1 is 0.938 bits per heavy atom. The summed E-state index contributed by atoms with van der Waals surface area (Å²) in [7, 11) is -1.80. The van der Waals surface area contributed by atoms with E-state index >= 15 is 0 Å². The zero-order valence-corrected chi connectivity index (χ0v) is 19.1. The molecule has 0 saturated carbocycles. The number of benzene rings is 3. The van der Waals surface area contributed by atoms with Gasteiger partial charge in [0.25, 0.3) is 10.0 Å². The Balaban J connectivity index is 1.15. The maximum Gasteiger partial charge on any atom is 0.265 e. The van der Waals surface area contributed by atoms with Gasteiger partial charge in [-0.15, -0.1) is 0 Å². The van der Waals surface area contributed by atoms with Gasteiger partial charge in [0.05, 0.1) is 17.7 Å². The minimum atomic E-state index is -3.46. The molecule has 1 saturated heterocycles. The van der Waals surface area contributed by atoms with Crippen molar-refractivity contribution in [3.8, 4) is 11.5 Å². The zero-order valence-electron chi connectivity index (χ0n) is 18.2. The molecule has 0 amide bonds. The van der Waals surface area contributed by atoms with Crippen LogP contribution in [0.5, 0.6) is 11.5 Å². The van der Waals surface area contributed by atoms with Crippen molar-refractivity contribution in [1.82, 2.24) is 4.90 Å². The Hall–Kier alpha value is -2.77. The average molecular weight is 453 g/mol. The molecular formula is C25H28N2O4S. The summed E-state index contributed by atoms with van der Waals surface area (Å²) in [5, 5.41) is 1.83. The van der Waals surface area contributed by atoms with Gasteiger partial charge in [-0.05, 0) is 55.5 Å². The Kier molecular flexibility index (Phi) is 5.69. The predicted molar refractivity (Wildman–Crippen MR) is 126 cm³/mol. The lowest BCUT2D eigenvalue weighted by atomic mass is 10.1. The van der Waals surface area contributed by atoms with E-state index in [-0.39, 0.29) is 6.10 Å². The molecule has 32 heavy (non-hydrogen) atoms. The van der Waals surface area contributed by atoms with Gasteiger partial charge in [-0.3, -0.25) is 9.21 Å². The van der Waals surface area contributed by atoms with Gasteiger partial charge in [-0.2, -0.15) is 0 Å². The summed E-state index contributed by atoms with van der Waals surface area (Å²) in [6.45, 7) is 3.32. The molecular weight excluding hydrogens is 424 g/mol. The molecule has 2 heterocycles. The highest BCUT2D eigenvalue weighted by Crippen LogP contribution is 2.42. The standard InChI is InChI=1S/C25H28N2O4S/c1-30-22-11-2-3-12-23(22)31-20-14-17-26(18-20)15-4-5-16-27-21-10-6-8-19-9-7-13-24(25(19)21)32(27,28)29/h2-3,6-13,20H,4-5,14-18H2,1H3. The van der Waals surface area contributed by atoms with Crippen LogP contribution in [0, 0.1) is 0 Å². The van der Waals surface area contributed by atoms with Crippen LogP contribution in [-0.4, -0.2) is 52.7 Å². The highest BCUT2D eigenvalue weighted by molar-refractivity contribution is 7.93. The summed E-state index contributed by atoms with van der Waals surface area (Å²) in [4.78, 5) is 2.83. The summed E-state index contributed by atoms with van der Waals surface area (Å²) in [5.41, 5.74) is 0.810. The van der Waals surface area contributed by atoms with Gasteiger partial charge < -0.3 is 9.47 Å². The molecule has 2 aliphatic rings. The maximum atomic E-state index is 13.1. The van der Waals surface area contributed by atoms with Gasteiger partial charge in [0, 0.05) is 25.0 Å². The van der Waals surface area contributed by atoms with Crippen LogP contribution in [-0.2, 0) is 10.0 Å². The van der Waals surface area contributed by atoms with Crippen molar-refractivity contribution in [3.05, 3.63) is 60.7 Å². The monoisotopic (exact) mass is 452 g/mol. The first-order valence-electron chi connectivity index (χ1n) is 11.1. The van der Waals surface area contributed by atoms with Crippen molar-refractivity contribution in [3.63, 3.8) is 0 Å². The second-order valence-electron chi connectivity index (χ2n) is 8.40. The number of para-hydroxylation sites is 2. The Morgan fingerprint density at radius 3 is 2.50 bits per heavy atom. The second-order valence-corrected chi connectivity index (χ2v) is 10.2. The number of likely N-dealkylation sites (tertiary alicyclic amines) is 1. The molecule has 0 bridgehead atoms. The first kappa shape index (κ1) is 21.1. The fraction of sp³-hybridized carbons (Fsp3) is 0.360. The first-order chi connectivity index (χ1) is 15.6. The molecule has 168 valence electrons. The SMILES string of the molecule is COc1ccccc1OC1CCN(CCCCN2c3cccc4cccc(c34)S2(=O)=O)C1. The predicted octanol–water partition coefficient (Wildman–Crippen LogP) is 4.29. The maximum absolute atomic E-state index is 13.1. The van der Waals surface area contributed by atoms with Crippen LogP contribution in [0.3, 0.4) is 0 Å². The molecule has 3 aromatic rings. The van der Waals surface area contributed by atoms with E-state index < -0.39 is 10.0 Å². The third-order valence-corrected chi connectivity index (χ3v) is 8.21. The van der Waals surface area contributed by atoms with Gasteiger partial charge >= 0.3 is 0 Å². The van der Waals surface area contributed by atoms with Crippen LogP contribution in [0.15, 0.2) is 65.6 Å². The Labute approximate surface area is 189 Å². The topological polar surface area (TPSA) is 59.1 Å². The van der Waals surface area contributed by atoms with Gasteiger partial charge in [0.15, 0.2) is 11.5 Å². The number of anilines is 1. The quantitative estimate of drug-likeness (QED) is 0.477. The molecule has 1 atom stereocenters. The van der Waals surface area contributed by atoms with E-state index in [2.05, 4.69) is 4.90 Å². The van der Waals surface area contributed by atoms with Crippen LogP contribution in [0.1, 0.15) is 19.3 Å². The molecule has 0 aromatic heterocycles. The first-order valence-corrected chi connectivity index (χ1v) is 12.6. The van der Waals surface area contributed by atoms with Gasteiger partial charge in [-0.25, -0.2) is 8.42 Å². The van der Waals surface area contributed by atoms with Crippen LogP contribution in [0.4, 0.5) is 5.69 Å². The van der Waals surface area contributed by atoms with Crippen molar-refractivity contribution < 1.29 is 17.9 Å². The van der Waals surface area contributed by atoms with Crippen LogP contribution in [0.2, 0.25) is 0 Å². The fourth-order valence-electron chi connectivity index (χ4n) is 4.78. The molecule has 1 unspecified atom stereocenters. The molecule has 5 rings (SSSR count). The minimum Gasteiger partial charge on any atom is -0.493 e. The Morgan fingerprint density at radius 2 is 1.69 bits per heavy atom. The van der Waals surface area contributed by atoms with Gasteiger partial charge in [0.1, 0.15) is 6.10 Å². The van der Waals surface area contributed by atoms with Crippen molar-refractivity contribution in [2.24, 2.45) is 0 Å². The highest BCUT2D eigenvalue weighted by atomic mass is 32.2. The number of hydrogen-bond acceptors (Lipinski definition) is 5. The number of hydrogen-bond donors (Lipinski definition) is 0. The van der Waals surface area contributed by atoms with Gasteiger partial charge in [-0.1, -0.05) is 36.4 Å². The molecule has 1 fully saturated rings. The van der Waals surface area contributed by atoms with E-state index in [9.17, 15) is 8.42 Å². The largest absolute Gasteiger partial charge is 0.493 e. The molecule has 0 N–H and O–H groups in total. The molecule has 2 aliphatic heterocycles. The van der Waals surface area contributed by atoms with Gasteiger partial charge in [0.2, 0.25) is 0 Å². The van der Waals surface area contributed by atoms with Crippen LogP contribution in [0.25, 0.3) is 10.8 Å². The van der Waals surface area contributed by atoms with E-state index in [1.165, 1.54) is 0 Å². The molecule has 0 aliphatic carbocycles. The van der Waals surface area contributed by atoms with Crippen molar-refractivity contribution in [2.45, 2.75) is 30.3 Å². The summed E-state index contributed by atoms with van der Waals surface area (Å²) in [6.07, 6.45) is 2.89.